The highest BCUT2D eigenvalue weighted by molar-refractivity contribution is 6.00. The fourth-order valence-electron chi connectivity index (χ4n) is 1.93. The Morgan fingerprint density at radius 2 is 1.95 bits per heavy atom. The van der Waals surface area contributed by atoms with Gasteiger partial charge in [0.1, 0.15) is 0 Å². The Morgan fingerprint density at radius 3 is 2.52 bits per heavy atom. The molecule has 0 bridgehead atoms. The maximum atomic E-state index is 12.2. The highest BCUT2D eigenvalue weighted by Gasteiger charge is 2.11. The summed E-state index contributed by atoms with van der Waals surface area (Å²) in [5.74, 6) is -0.333. The molecular formula is C14H24N6O. The van der Waals surface area contributed by atoms with Crippen LogP contribution in [0.25, 0.3) is 0 Å². The molecule has 0 radical (unpaired) electrons. The molecule has 7 nitrogen and oxygen atoms in total. The Balaban J connectivity index is 2.76. The molecule has 0 unspecified atom stereocenters. The van der Waals surface area contributed by atoms with Gasteiger partial charge in [0, 0.05) is 18.8 Å². The van der Waals surface area contributed by atoms with Gasteiger partial charge in [-0.3, -0.25) is 4.79 Å². The summed E-state index contributed by atoms with van der Waals surface area (Å²) >= 11 is 0. The molecule has 21 heavy (non-hydrogen) atoms. The SMILES string of the molecule is CCN(CC)CCNC(=O)c1ccc(N)cc1N=C(N)N. The van der Waals surface area contributed by atoms with Crippen LogP contribution in [0.2, 0.25) is 0 Å². The van der Waals surface area contributed by atoms with E-state index in [4.69, 9.17) is 17.2 Å². The molecule has 0 heterocycles. The van der Waals surface area contributed by atoms with Crippen molar-refractivity contribution in [2.75, 3.05) is 31.9 Å². The normalized spacial score (nSPS) is 10.4. The molecule has 116 valence electrons. The summed E-state index contributed by atoms with van der Waals surface area (Å²) in [5.41, 5.74) is 17.7. The summed E-state index contributed by atoms with van der Waals surface area (Å²) in [7, 11) is 0. The Labute approximate surface area is 125 Å². The lowest BCUT2D eigenvalue weighted by molar-refractivity contribution is 0.0949. The van der Waals surface area contributed by atoms with Crippen LogP contribution < -0.4 is 22.5 Å². The minimum absolute atomic E-state index is 0.113. The molecule has 7 N–H and O–H groups in total. The number of guanidine groups is 1. The number of benzene rings is 1. The number of likely N-dealkylation sites (N-methyl/N-ethyl adjacent to an activating group) is 1. The largest absolute Gasteiger partial charge is 0.399 e. The van der Waals surface area contributed by atoms with E-state index in [0.717, 1.165) is 19.6 Å². The van der Waals surface area contributed by atoms with Gasteiger partial charge in [0.2, 0.25) is 0 Å². The number of nitrogens with one attached hydrogen (secondary N) is 1. The summed E-state index contributed by atoms with van der Waals surface area (Å²) in [6, 6.07) is 4.83. The lowest BCUT2D eigenvalue weighted by Gasteiger charge is -2.18. The number of nitrogens with two attached hydrogens (primary N) is 3. The number of anilines is 1. The van der Waals surface area contributed by atoms with Crippen molar-refractivity contribution in [2.24, 2.45) is 16.5 Å². The molecular weight excluding hydrogens is 268 g/mol. The first-order chi connectivity index (χ1) is 9.97. The Kier molecular flexibility index (Phi) is 6.48. The van der Waals surface area contributed by atoms with Gasteiger partial charge in [-0.05, 0) is 31.3 Å². The highest BCUT2D eigenvalue weighted by atomic mass is 16.1. The van der Waals surface area contributed by atoms with Crippen molar-refractivity contribution in [3.8, 4) is 0 Å². The predicted molar refractivity (Wildman–Crippen MR) is 86.4 cm³/mol. The van der Waals surface area contributed by atoms with Crippen LogP contribution in [0.1, 0.15) is 24.2 Å². The average Bonchev–Trinajstić information content (AvgIpc) is 2.43. The van der Waals surface area contributed by atoms with E-state index in [2.05, 4.69) is 29.1 Å². The molecule has 0 saturated carbocycles. The molecule has 0 aromatic heterocycles. The molecule has 7 heteroatoms. The molecule has 1 rings (SSSR count). The van der Waals surface area contributed by atoms with E-state index in [1.807, 2.05) is 0 Å². The average molecular weight is 292 g/mol. The van der Waals surface area contributed by atoms with Gasteiger partial charge in [-0.1, -0.05) is 13.8 Å². The summed E-state index contributed by atoms with van der Waals surface area (Å²) in [5, 5.41) is 2.86. The molecule has 0 aliphatic heterocycles. The number of nitrogens with zero attached hydrogens (tertiary/aromatic N) is 2. The van der Waals surface area contributed by atoms with Gasteiger partial charge < -0.3 is 27.4 Å². The van der Waals surface area contributed by atoms with Crippen molar-refractivity contribution in [2.45, 2.75) is 13.8 Å². The monoisotopic (exact) mass is 292 g/mol. The van der Waals surface area contributed by atoms with Crippen LogP contribution in [0.3, 0.4) is 0 Å². The van der Waals surface area contributed by atoms with Crippen molar-refractivity contribution < 1.29 is 4.79 Å². The Hall–Kier alpha value is -2.28. The molecule has 0 fully saturated rings. The van der Waals surface area contributed by atoms with Gasteiger partial charge in [-0.25, -0.2) is 4.99 Å². The first-order valence-corrected chi connectivity index (χ1v) is 6.97. The van der Waals surface area contributed by atoms with E-state index in [1.165, 1.54) is 0 Å². The second-order valence-corrected chi connectivity index (χ2v) is 4.60. The number of carbonyl (C=O) groups excluding carboxylic acids is 1. The zero-order chi connectivity index (χ0) is 15.8. The minimum Gasteiger partial charge on any atom is -0.399 e. The number of amides is 1. The van der Waals surface area contributed by atoms with Gasteiger partial charge in [0.15, 0.2) is 5.96 Å². The Morgan fingerprint density at radius 1 is 1.29 bits per heavy atom. The van der Waals surface area contributed by atoms with E-state index in [0.29, 0.717) is 23.5 Å². The molecule has 0 aliphatic carbocycles. The summed E-state index contributed by atoms with van der Waals surface area (Å²) in [4.78, 5) is 18.4. The third-order valence-electron chi connectivity index (χ3n) is 3.12. The predicted octanol–water partition coefficient (Wildman–Crippen LogP) is 0.245. The van der Waals surface area contributed by atoms with Crippen molar-refractivity contribution in [3.63, 3.8) is 0 Å². The molecule has 1 aromatic carbocycles. The van der Waals surface area contributed by atoms with Crippen molar-refractivity contribution >= 4 is 23.2 Å². The van der Waals surface area contributed by atoms with Crippen LogP contribution in [0.15, 0.2) is 23.2 Å². The van der Waals surface area contributed by atoms with E-state index < -0.39 is 0 Å². The maximum absolute atomic E-state index is 12.2. The van der Waals surface area contributed by atoms with Crippen LogP contribution in [0, 0.1) is 0 Å². The van der Waals surface area contributed by atoms with E-state index in [1.54, 1.807) is 18.2 Å². The van der Waals surface area contributed by atoms with Crippen LogP contribution >= 0.6 is 0 Å². The molecule has 1 amide bonds. The maximum Gasteiger partial charge on any atom is 0.253 e. The highest BCUT2D eigenvalue weighted by Crippen LogP contribution is 2.22. The zero-order valence-corrected chi connectivity index (χ0v) is 12.6. The van der Waals surface area contributed by atoms with Crippen LogP contribution in [-0.2, 0) is 0 Å². The third kappa shape index (κ3) is 5.31. The molecule has 1 aromatic rings. The molecule has 0 spiro atoms. The van der Waals surface area contributed by atoms with Crippen molar-refractivity contribution in [1.82, 2.24) is 10.2 Å². The fourth-order valence-corrected chi connectivity index (χ4v) is 1.93. The minimum atomic E-state index is -0.220. The number of rotatable bonds is 7. The Bertz CT molecular complexity index is 506. The van der Waals surface area contributed by atoms with Gasteiger partial charge in [0.25, 0.3) is 5.91 Å². The van der Waals surface area contributed by atoms with Gasteiger partial charge >= 0.3 is 0 Å². The first kappa shape index (κ1) is 16.8. The van der Waals surface area contributed by atoms with Crippen LogP contribution in [0.5, 0.6) is 0 Å². The van der Waals surface area contributed by atoms with E-state index in [-0.39, 0.29) is 11.9 Å². The van der Waals surface area contributed by atoms with Gasteiger partial charge in [-0.2, -0.15) is 0 Å². The summed E-state index contributed by atoms with van der Waals surface area (Å²) in [6.45, 7) is 7.43. The second kappa shape index (κ2) is 8.11. The van der Waals surface area contributed by atoms with E-state index >= 15 is 0 Å². The third-order valence-corrected chi connectivity index (χ3v) is 3.12. The van der Waals surface area contributed by atoms with Crippen molar-refractivity contribution in [1.29, 1.82) is 0 Å². The number of hydrogen-bond donors (Lipinski definition) is 4. The number of carbonyl (C=O) groups is 1. The summed E-state index contributed by atoms with van der Waals surface area (Å²) < 4.78 is 0. The van der Waals surface area contributed by atoms with Gasteiger partial charge in [-0.15, -0.1) is 0 Å². The topological polar surface area (TPSA) is 123 Å². The summed E-state index contributed by atoms with van der Waals surface area (Å²) in [6.07, 6.45) is 0. The molecule has 0 atom stereocenters. The lowest BCUT2D eigenvalue weighted by atomic mass is 10.1. The van der Waals surface area contributed by atoms with Crippen molar-refractivity contribution in [3.05, 3.63) is 23.8 Å². The van der Waals surface area contributed by atoms with Crippen LogP contribution in [0.4, 0.5) is 11.4 Å². The van der Waals surface area contributed by atoms with E-state index in [9.17, 15) is 4.79 Å². The smallest absolute Gasteiger partial charge is 0.253 e. The second-order valence-electron chi connectivity index (χ2n) is 4.60. The first-order valence-electron chi connectivity index (χ1n) is 6.97. The number of aliphatic imine (C=N–C) groups is 1. The number of nitrogen functional groups attached to an aromatic ring is 1. The quantitative estimate of drug-likeness (QED) is 0.326. The van der Waals surface area contributed by atoms with Crippen LogP contribution in [-0.4, -0.2) is 42.9 Å². The zero-order valence-electron chi connectivity index (χ0n) is 12.6. The fraction of sp³-hybridized carbons (Fsp3) is 0.429. The lowest BCUT2D eigenvalue weighted by Crippen LogP contribution is -2.34. The number of hydrogen-bond acceptors (Lipinski definition) is 4. The van der Waals surface area contributed by atoms with Gasteiger partial charge in [0.05, 0.1) is 11.3 Å². The standard InChI is InChI=1S/C14H24N6O/c1-3-20(4-2)8-7-18-13(21)11-6-5-10(15)9-12(11)19-14(16)17/h5-6,9H,3-4,7-8,15H2,1-2H3,(H,18,21)(H4,16,17,19). The molecule has 0 aliphatic rings. The molecule has 0 saturated heterocycles.